The van der Waals surface area contributed by atoms with Crippen molar-refractivity contribution in [3.63, 3.8) is 0 Å². The molecule has 33 heavy (non-hydrogen) atoms. The monoisotopic (exact) mass is 465 g/mol. The number of aromatic nitrogens is 2. The van der Waals surface area contributed by atoms with Gasteiger partial charge in [-0.3, -0.25) is 4.79 Å². The standard InChI is InChI=1S/C24H27N5O3S/c30-23(22(20-8-3-1-4-9-20)21-10-5-2-6-11-21)25-14-19-33(31,32)29-17-15-28(16-18-29)24-26-12-7-13-27-24/h1-13,22H,14-19H2,(H,25,30). The van der Waals surface area contributed by atoms with Crippen molar-refractivity contribution < 1.29 is 13.2 Å². The number of hydrogen-bond acceptors (Lipinski definition) is 6. The van der Waals surface area contributed by atoms with Crippen LogP contribution >= 0.6 is 0 Å². The Kier molecular flexibility index (Phi) is 7.31. The van der Waals surface area contributed by atoms with E-state index >= 15 is 0 Å². The Bertz CT molecular complexity index is 1100. The van der Waals surface area contributed by atoms with Gasteiger partial charge in [-0.1, -0.05) is 60.7 Å². The van der Waals surface area contributed by atoms with Gasteiger partial charge in [0.2, 0.25) is 21.9 Å². The summed E-state index contributed by atoms with van der Waals surface area (Å²) in [6, 6.07) is 20.7. The summed E-state index contributed by atoms with van der Waals surface area (Å²) in [5.41, 5.74) is 1.73. The SMILES string of the molecule is O=C(NCCS(=O)(=O)N1CCN(c2ncccn2)CC1)C(c1ccccc1)c1ccccc1. The van der Waals surface area contributed by atoms with E-state index in [0.717, 1.165) is 11.1 Å². The van der Waals surface area contributed by atoms with Gasteiger partial charge in [-0.05, 0) is 17.2 Å². The van der Waals surface area contributed by atoms with Gasteiger partial charge in [-0.25, -0.2) is 18.4 Å². The first-order valence-corrected chi connectivity index (χ1v) is 12.5. The molecule has 0 atom stereocenters. The Morgan fingerprint density at radius 3 is 1.94 bits per heavy atom. The third-order valence-corrected chi connectivity index (χ3v) is 7.53. The minimum atomic E-state index is -3.49. The lowest BCUT2D eigenvalue weighted by atomic mass is 9.90. The molecule has 1 amide bonds. The van der Waals surface area contributed by atoms with Crippen LogP contribution in [0.25, 0.3) is 0 Å². The molecule has 0 spiro atoms. The third-order valence-electron chi connectivity index (χ3n) is 5.65. The van der Waals surface area contributed by atoms with Crippen molar-refractivity contribution in [1.82, 2.24) is 19.6 Å². The van der Waals surface area contributed by atoms with Crippen LogP contribution in [0.5, 0.6) is 0 Å². The van der Waals surface area contributed by atoms with E-state index in [1.165, 1.54) is 4.31 Å². The van der Waals surface area contributed by atoms with Gasteiger partial charge in [-0.2, -0.15) is 4.31 Å². The first-order chi connectivity index (χ1) is 16.0. The average molecular weight is 466 g/mol. The number of nitrogens with zero attached hydrogens (tertiary/aromatic N) is 4. The van der Waals surface area contributed by atoms with Crippen LogP contribution in [0, 0.1) is 0 Å². The van der Waals surface area contributed by atoms with E-state index in [9.17, 15) is 13.2 Å². The number of amides is 1. The summed E-state index contributed by atoms with van der Waals surface area (Å²) in [5, 5.41) is 2.83. The molecule has 1 N–H and O–H groups in total. The number of sulfonamides is 1. The Labute approximate surface area is 194 Å². The minimum Gasteiger partial charge on any atom is -0.354 e. The van der Waals surface area contributed by atoms with Crippen molar-refractivity contribution in [1.29, 1.82) is 0 Å². The van der Waals surface area contributed by atoms with Crippen LogP contribution in [-0.4, -0.2) is 67.1 Å². The number of hydrogen-bond donors (Lipinski definition) is 1. The van der Waals surface area contributed by atoms with Crippen molar-refractivity contribution in [3.05, 3.63) is 90.3 Å². The molecule has 9 heteroatoms. The van der Waals surface area contributed by atoms with Crippen molar-refractivity contribution >= 4 is 21.9 Å². The lowest BCUT2D eigenvalue weighted by Crippen LogP contribution is -2.50. The zero-order valence-corrected chi connectivity index (χ0v) is 19.1. The van der Waals surface area contributed by atoms with Crippen LogP contribution < -0.4 is 10.2 Å². The van der Waals surface area contributed by atoms with Gasteiger partial charge in [0.1, 0.15) is 0 Å². The summed E-state index contributed by atoms with van der Waals surface area (Å²) in [6.07, 6.45) is 3.35. The predicted octanol–water partition coefficient (Wildman–Crippen LogP) is 1.88. The summed E-state index contributed by atoms with van der Waals surface area (Å²) >= 11 is 0. The molecule has 1 aromatic heterocycles. The average Bonchev–Trinajstić information content (AvgIpc) is 2.86. The van der Waals surface area contributed by atoms with Crippen molar-refractivity contribution in [2.45, 2.75) is 5.92 Å². The molecular weight excluding hydrogens is 438 g/mol. The van der Waals surface area contributed by atoms with Gasteiger partial charge in [0, 0.05) is 45.1 Å². The smallest absolute Gasteiger partial charge is 0.232 e. The summed E-state index contributed by atoms with van der Waals surface area (Å²) < 4.78 is 27.2. The molecule has 0 aliphatic carbocycles. The Hall–Kier alpha value is -3.30. The van der Waals surface area contributed by atoms with Crippen LogP contribution in [0.1, 0.15) is 17.0 Å². The molecular formula is C24H27N5O3S. The Morgan fingerprint density at radius 1 is 0.848 bits per heavy atom. The second-order valence-corrected chi connectivity index (χ2v) is 9.88. The zero-order valence-electron chi connectivity index (χ0n) is 18.2. The van der Waals surface area contributed by atoms with E-state index in [4.69, 9.17) is 0 Å². The fourth-order valence-corrected chi connectivity index (χ4v) is 5.28. The number of nitrogens with one attached hydrogen (secondary N) is 1. The molecule has 0 radical (unpaired) electrons. The van der Waals surface area contributed by atoms with Gasteiger partial charge in [0.05, 0.1) is 11.7 Å². The molecule has 4 rings (SSSR count). The lowest BCUT2D eigenvalue weighted by Gasteiger charge is -2.33. The molecule has 172 valence electrons. The maximum absolute atomic E-state index is 13.1. The molecule has 2 heterocycles. The third kappa shape index (κ3) is 5.74. The van der Waals surface area contributed by atoms with Crippen LogP contribution in [0.15, 0.2) is 79.1 Å². The summed E-state index contributed by atoms with van der Waals surface area (Å²) in [6.45, 7) is 1.84. The zero-order chi connectivity index (χ0) is 23.1. The summed E-state index contributed by atoms with van der Waals surface area (Å²) in [4.78, 5) is 23.5. The number of carbonyl (C=O) groups excluding carboxylic acids is 1. The van der Waals surface area contributed by atoms with Crippen molar-refractivity contribution in [3.8, 4) is 0 Å². The first kappa shape index (κ1) is 22.9. The number of rotatable bonds is 8. The minimum absolute atomic E-state index is 0.0549. The molecule has 0 bridgehead atoms. The lowest BCUT2D eigenvalue weighted by molar-refractivity contribution is -0.121. The van der Waals surface area contributed by atoms with E-state index in [1.807, 2.05) is 65.6 Å². The van der Waals surface area contributed by atoms with Gasteiger partial charge in [0.15, 0.2) is 0 Å². The molecule has 1 fully saturated rings. The highest BCUT2D eigenvalue weighted by Gasteiger charge is 2.28. The molecule has 3 aromatic rings. The van der Waals surface area contributed by atoms with Crippen LogP contribution in [0.4, 0.5) is 5.95 Å². The highest BCUT2D eigenvalue weighted by molar-refractivity contribution is 7.89. The van der Waals surface area contributed by atoms with Gasteiger partial charge < -0.3 is 10.2 Å². The largest absolute Gasteiger partial charge is 0.354 e. The fraction of sp³-hybridized carbons (Fsp3) is 0.292. The van der Waals surface area contributed by atoms with Crippen LogP contribution in [-0.2, 0) is 14.8 Å². The molecule has 0 saturated carbocycles. The quantitative estimate of drug-likeness (QED) is 0.546. The van der Waals surface area contributed by atoms with E-state index in [1.54, 1.807) is 18.5 Å². The van der Waals surface area contributed by atoms with E-state index < -0.39 is 15.9 Å². The summed E-state index contributed by atoms with van der Waals surface area (Å²) in [5.74, 6) is -0.246. The highest BCUT2D eigenvalue weighted by Crippen LogP contribution is 2.24. The highest BCUT2D eigenvalue weighted by atomic mass is 32.2. The molecule has 8 nitrogen and oxygen atoms in total. The Balaban J connectivity index is 1.34. The van der Waals surface area contributed by atoms with Crippen LogP contribution in [0.2, 0.25) is 0 Å². The molecule has 2 aromatic carbocycles. The second kappa shape index (κ2) is 10.5. The predicted molar refractivity (Wildman–Crippen MR) is 127 cm³/mol. The molecule has 1 saturated heterocycles. The summed E-state index contributed by atoms with van der Waals surface area (Å²) in [7, 11) is -3.49. The van der Waals surface area contributed by atoms with Gasteiger partial charge in [-0.15, -0.1) is 0 Å². The maximum Gasteiger partial charge on any atom is 0.232 e. The normalized spacial score (nSPS) is 14.9. The van der Waals surface area contributed by atoms with Crippen molar-refractivity contribution in [2.24, 2.45) is 0 Å². The number of anilines is 1. The van der Waals surface area contributed by atoms with Gasteiger partial charge in [0.25, 0.3) is 0 Å². The first-order valence-electron chi connectivity index (χ1n) is 10.9. The van der Waals surface area contributed by atoms with E-state index in [0.29, 0.717) is 32.1 Å². The Morgan fingerprint density at radius 2 is 1.39 bits per heavy atom. The maximum atomic E-state index is 13.1. The van der Waals surface area contributed by atoms with Crippen molar-refractivity contribution in [2.75, 3.05) is 43.4 Å². The van der Waals surface area contributed by atoms with E-state index in [-0.39, 0.29) is 18.2 Å². The molecule has 1 aliphatic heterocycles. The fourth-order valence-electron chi connectivity index (χ4n) is 3.94. The number of piperazine rings is 1. The molecule has 0 unspecified atom stereocenters. The number of benzene rings is 2. The van der Waals surface area contributed by atoms with Gasteiger partial charge >= 0.3 is 0 Å². The number of carbonyl (C=O) groups is 1. The second-order valence-electron chi connectivity index (χ2n) is 7.80. The van der Waals surface area contributed by atoms with Crippen LogP contribution in [0.3, 0.4) is 0 Å². The van der Waals surface area contributed by atoms with E-state index in [2.05, 4.69) is 15.3 Å². The topological polar surface area (TPSA) is 95.5 Å². The molecule has 1 aliphatic rings.